The molecule has 0 spiro atoms. The van der Waals surface area contributed by atoms with E-state index in [1.165, 1.54) is 23.9 Å². The van der Waals surface area contributed by atoms with Crippen LogP contribution in [0.15, 0.2) is 24.3 Å². The molecular weight excluding hydrogens is 209 g/mol. The monoisotopic (exact) mass is 220 g/mol. The predicted octanol–water partition coefficient (Wildman–Crippen LogP) is 3.96. The van der Waals surface area contributed by atoms with Crippen LogP contribution < -0.4 is 0 Å². The number of hydrogen-bond donors (Lipinski definition) is 0. The average molecular weight is 220 g/mol. The molecule has 0 unspecified atom stereocenters. The van der Waals surface area contributed by atoms with Crippen LogP contribution in [0, 0.1) is 0 Å². The molecular formula is C10H11F3S. The summed E-state index contributed by atoms with van der Waals surface area (Å²) in [6.07, 6.45) is -4.23. The number of halogens is 3. The highest BCUT2D eigenvalue weighted by Crippen LogP contribution is 2.33. The van der Waals surface area contributed by atoms with Gasteiger partial charge < -0.3 is 0 Å². The van der Waals surface area contributed by atoms with Gasteiger partial charge in [0.2, 0.25) is 0 Å². The Balaban J connectivity index is 2.92. The Labute approximate surface area is 85.5 Å². The SMILES string of the molecule is CCSCc1ccccc1C(F)(F)F. The van der Waals surface area contributed by atoms with Gasteiger partial charge >= 0.3 is 6.18 Å². The summed E-state index contributed by atoms with van der Waals surface area (Å²) in [5.41, 5.74) is -0.146. The molecule has 0 radical (unpaired) electrons. The quantitative estimate of drug-likeness (QED) is 0.743. The second-order valence-electron chi connectivity index (χ2n) is 2.79. The van der Waals surface area contributed by atoms with E-state index in [4.69, 9.17) is 0 Å². The van der Waals surface area contributed by atoms with Gasteiger partial charge in [0.25, 0.3) is 0 Å². The van der Waals surface area contributed by atoms with Crippen molar-refractivity contribution in [3.8, 4) is 0 Å². The fourth-order valence-electron chi connectivity index (χ4n) is 1.13. The number of rotatable bonds is 3. The van der Waals surface area contributed by atoms with Crippen LogP contribution in [0.2, 0.25) is 0 Å². The van der Waals surface area contributed by atoms with Crippen molar-refractivity contribution in [2.24, 2.45) is 0 Å². The fourth-order valence-corrected chi connectivity index (χ4v) is 1.81. The summed E-state index contributed by atoms with van der Waals surface area (Å²) in [6.45, 7) is 1.93. The van der Waals surface area contributed by atoms with Crippen LogP contribution in [0.25, 0.3) is 0 Å². The van der Waals surface area contributed by atoms with Crippen LogP contribution in [0.1, 0.15) is 18.1 Å². The zero-order valence-electron chi connectivity index (χ0n) is 7.77. The van der Waals surface area contributed by atoms with Gasteiger partial charge in [0, 0.05) is 5.75 Å². The maximum absolute atomic E-state index is 12.5. The summed E-state index contributed by atoms with van der Waals surface area (Å²) >= 11 is 1.49. The summed E-state index contributed by atoms with van der Waals surface area (Å²) in [6, 6.07) is 5.72. The van der Waals surface area contributed by atoms with E-state index < -0.39 is 11.7 Å². The molecule has 0 aromatic heterocycles. The second-order valence-corrected chi connectivity index (χ2v) is 4.07. The third-order valence-electron chi connectivity index (χ3n) is 1.78. The lowest BCUT2D eigenvalue weighted by Crippen LogP contribution is -2.08. The van der Waals surface area contributed by atoms with Crippen molar-refractivity contribution in [3.05, 3.63) is 35.4 Å². The van der Waals surface area contributed by atoms with Crippen molar-refractivity contribution in [2.75, 3.05) is 5.75 Å². The second kappa shape index (κ2) is 4.73. The number of hydrogen-bond acceptors (Lipinski definition) is 1. The van der Waals surface area contributed by atoms with Crippen molar-refractivity contribution in [2.45, 2.75) is 18.9 Å². The van der Waals surface area contributed by atoms with Crippen LogP contribution in [0.4, 0.5) is 13.2 Å². The zero-order valence-corrected chi connectivity index (χ0v) is 8.58. The maximum atomic E-state index is 12.5. The lowest BCUT2D eigenvalue weighted by atomic mass is 10.1. The molecule has 0 heterocycles. The first-order chi connectivity index (χ1) is 6.55. The van der Waals surface area contributed by atoms with Crippen LogP contribution >= 0.6 is 11.8 Å². The van der Waals surface area contributed by atoms with Gasteiger partial charge in [-0.25, -0.2) is 0 Å². The third-order valence-corrected chi connectivity index (χ3v) is 2.71. The van der Waals surface area contributed by atoms with E-state index >= 15 is 0 Å². The van der Waals surface area contributed by atoms with Crippen molar-refractivity contribution in [3.63, 3.8) is 0 Å². The Morgan fingerprint density at radius 1 is 1.21 bits per heavy atom. The number of thioether (sulfide) groups is 1. The molecule has 78 valence electrons. The van der Waals surface area contributed by atoms with Gasteiger partial charge in [-0.1, -0.05) is 25.1 Å². The van der Waals surface area contributed by atoms with Gasteiger partial charge in [0.05, 0.1) is 5.56 Å². The van der Waals surface area contributed by atoms with E-state index in [2.05, 4.69) is 0 Å². The van der Waals surface area contributed by atoms with E-state index in [1.807, 2.05) is 6.92 Å². The third kappa shape index (κ3) is 2.94. The van der Waals surface area contributed by atoms with E-state index in [1.54, 1.807) is 6.07 Å². The van der Waals surface area contributed by atoms with Gasteiger partial charge in [-0.15, -0.1) is 0 Å². The molecule has 14 heavy (non-hydrogen) atoms. The number of benzene rings is 1. The van der Waals surface area contributed by atoms with Crippen molar-refractivity contribution in [1.82, 2.24) is 0 Å². The Bertz CT molecular complexity index is 294. The molecule has 0 atom stereocenters. The molecule has 0 saturated carbocycles. The Hall–Kier alpha value is -0.640. The van der Waals surface area contributed by atoms with Gasteiger partial charge in [-0.2, -0.15) is 24.9 Å². The summed E-state index contributed by atoms with van der Waals surface area (Å²) in [7, 11) is 0. The highest BCUT2D eigenvalue weighted by atomic mass is 32.2. The van der Waals surface area contributed by atoms with Gasteiger partial charge in [0.1, 0.15) is 0 Å². The largest absolute Gasteiger partial charge is 0.416 e. The molecule has 1 rings (SSSR count). The topological polar surface area (TPSA) is 0 Å². The average Bonchev–Trinajstić information content (AvgIpc) is 2.14. The van der Waals surface area contributed by atoms with Crippen LogP contribution in [-0.2, 0) is 11.9 Å². The summed E-state index contributed by atoms with van der Waals surface area (Å²) in [5, 5.41) is 0. The van der Waals surface area contributed by atoms with Crippen LogP contribution in [0.5, 0.6) is 0 Å². The smallest absolute Gasteiger partial charge is 0.166 e. The standard InChI is InChI=1S/C10H11F3S/c1-2-14-7-8-5-3-4-6-9(8)10(11,12)13/h3-6H,2,7H2,1H3. The van der Waals surface area contributed by atoms with E-state index in [-0.39, 0.29) is 0 Å². The summed E-state index contributed by atoms with van der Waals surface area (Å²) < 4.78 is 37.4. The molecule has 0 N–H and O–H groups in total. The summed E-state index contributed by atoms with van der Waals surface area (Å²) in [5.74, 6) is 1.25. The molecule has 1 aromatic rings. The zero-order chi connectivity index (χ0) is 10.6. The fraction of sp³-hybridized carbons (Fsp3) is 0.400. The van der Waals surface area contributed by atoms with Crippen molar-refractivity contribution >= 4 is 11.8 Å². The lowest BCUT2D eigenvalue weighted by Gasteiger charge is -2.11. The minimum Gasteiger partial charge on any atom is -0.166 e. The first-order valence-corrected chi connectivity index (χ1v) is 5.44. The Kier molecular flexibility index (Phi) is 3.86. The predicted molar refractivity (Wildman–Crippen MR) is 53.3 cm³/mol. The van der Waals surface area contributed by atoms with Gasteiger partial charge in [0.15, 0.2) is 0 Å². The minimum atomic E-state index is -4.23. The first-order valence-electron chi connectivity index (χ1n) is 4.28. The normalized spacial score (nSPS) is 11.7. The van der Waals surface area contributed by atoms with E-state index in [0.717, 1.165) is 11.8 Å². The molecule has 1 aromatic carbocycles. The van der Waals surface area contributed by atoms with Crippen LogP contribution in [-0.4, -0.2) is 5.75 Å². The van der Waals surface area contributed by atoms with E-state index in [0.29, 0.717) is 11.3 Å². The highest BCUT2D eigenvalue weighted by molar-refractivity contribution is 7.98. The molecule has 0 amide bonds. The van der Waals surface area contributed by atoms with Crippen molar-refractivity contribution < 1.29 is 13.2 Å². The first kappa shape index (κ1) is 11.4. The van der Waals surface area contributed by atoms with E-state index in [9.17, 15) is 13.2 Å². The highest BCUT2D eigenvalue weighted by Gasteiger charge is 2.32. The molecule has 0 aliphatic carbocycles. The molecule has 0 fully saturated rings. The minimum absolute atomic E-state index is 0.367. The molecule has 0 nitrogen and oxygen atoms in total. The van der Waals surface area contributed by atoms with Gasteiger partial charge in [-0.3, -0.25) is 0 Å². The van der Waals surface area contributed by atoms with Crippen LogP contribution in [0.3, 0.4) is 0 Å². The maximum Gasteiger partial charge on any atom is 0.416 e. The summed E-state index contributed by atoms with van der Waals surface area (Å²) in [4.78, 5) is 0. The van der Waals surface area contributed by atoms with Gasteiger partial charge in [-0.05, 0) is 17.4 Å². The Morgan fingerprint density at radius 2 is 1.86 bits per heavy atom. The molecule has 0 aliphatic heterocycles. The number of alkyl halides is 3. The molecule has 0 aliphatic rings. The molecule has 0 saturated heterocycles. The molecule has 4 heteroatoms. The Morgan fingerprint density at radius 3 is 2.43 bits per heavy atom. The molecule has 0 bridgehead atoms. The van der Waals surface area contributed by atoms with Crippen molar-refractivity contribution in [1.29, 1.82) is 0 Å². The lowest BCUT2D eigenvalue weighted by molar-refractivity contribution is -0.138.